The molecule has 1 aromatic carbocycles. The van der Waals surface area contributed by atoms with E-state index in [4.69, 9.17) is 9.47 Å². The topological polar surface area (TPSA) is 52.6 Å². The van der Waals surface area contributed by atoms with Crippen molar-refractivity contribution in [1.29, 1.82) is 0 Å². The van der Waals surface area contributed by atoms with Gasteiger partial charge < -0.3 is 9.47 Å². The van der Waals surface area contributed by atoms with Gasteiger partial charge in [-0.15, -0.1) is 0 Å². The van der Waals surface area contributed by atoms with E-state index >= 15 is 0 Å². The molecule has 0 radical (unpaired) electrons. The summed E-state index contributed by atoms with van der Waals surface area (Å²) in [5, 5.41) is 0. The lowest BCUT2D eigenvalue weighted by Gasteiger charge is -2.10. The maximum absolute atomic E-state index is 12.4. The summed E-state index contributed by atoms with van der Waals surface area (Å²) in [5.41, 5.74) is 0.586. The molecule has 5 rings (SSSR count). The smallest absolute Gasteiger partial charge is 0.339 e. The third-order valence-corrected chi connectivity index (χ3v) is 9.17. The van der Waals surface area contributed by atoms with Gasteiger partial charge in [0.1, 0.15) is 0 Å². The van der Waals surface area contributed by atoms with Crippen molar-refractivity contribution in [3.05, 3.63) is 59.7 Å². The van der Waals surface area contributed by atoms with Crippen LogP contribution in [0.15, 0.2) is 48.6 Å². The number of allylic oxidation sites excluding steroid dienone is 4. The van der Waals surface area contributed by atoms with Crippen molar-refractivity contribution >= 4 is 11.9 Å². The number of ether oxygens (including phenoxy) is 2. The Hall–Kier alpha value is -2.36. The van der Waals surface area contributed by atoms with Crippen LogP contribution >= 0.6 is 0 Å². The highest BCUT2D eigenvalue weighted by Crippen LogP contribution is 2.38. The van der Waals surface area contributed by atoms with Gasteiger partial charge in [-0.3, -0.25) is 0 Å². The molecule has 0 aliphatic heterocycles. The Kier molecular flexibility index (Phi) is 16.7. The largest absolute Gasteiger partial charge is 0.462 e. The number of carbonyl (C=O) groups is 2. The average Bonchev–Trinajstić information content (AvgIpc) is 3.86. The van der Waals surface area contributed by atoms with Crippen molar-refractivity contribution in [2.45, 2.75) is 129 Å². The highest BCUT2D eigenvalue weighted by molar-refractivity contribution is 6.03. The van der Waals surface area contributed by atoms with E-state index in [-0.39, 0.29) is 0 Å². The number of esters is 2. The minimum absolute atomic E-state index is 0.293. The molecule has 4 aliphatic carbocycles. The van der Waals surface area contributed by atoms with Crippen LogP contribution in [-0.4, -0.2) is 25.2 Å². The highest BCUT2D eigenvalue weighted by atomic mass is 16.5. The fourth-order valence-electron chi connectivity index (χ4n) is 6.52. The number of fused-ring (bicyclic) bond motifs is 4. The second-order valence-electron chi connectivity index (χ2n) is 12.8. The monoisotopic (exact) mass is 578 g/mol. The van der Waals surface area contributed by atoms with Gasteiger partial charge in [-0.25, -0.2) is 9.59 Å². The maximum Gasteiger partial charge on any atom is 0.339 e. The minimum Gasteiger partial charge on any atom is -0.462 e. The molecule has 0 heterocycles. The van der Waals surface area contributed by atoms with E-state index in [1.165, 1.54) is 89.9 Å². The normalized spacial score (nSPS) is 22.3. The number of carbonyl (C=O) groups excluding carboxylic acids is 2. The van der Waals surface area contributed by atoms with E-state index in [0.717, 1.165) is 49.4 Å². The predicted octanol–water partition coefficient (Wildman–Crippen LogP) is 10.7. The lowest BCUT2D eigenvalue weighted by molar-refractivity contribution is 0.0450. The summed E-state index contributed by atoms with van der Waals surface area (Å²) in [6.45, 7) is 5.17. The van der Waals surface area contributed by atoms with Gasteiger partial charge in [0.15, 0.2) is 0 Å². The van der Waals surface area contributed by atoms with Crippen LogP contribution in [0.1, 0.15) is 150 Å². The molecule has 0 N–H and O–H groups in total. The van der Waals surface area contributed by atoms with Crippen LogP contribution in [0.4, 0.5) is 0 Å². The predicted molar refractivity (Wildman–Crippen MR) is 174 cm³/mol. The Morgan fingerprint density at radius 3 is 1.17 bits per heavy atom. The molecule has 0 saturated heterocycles. The van der Waals surface area contributed by atoms with Crippen LogP contribution in [0.2, 0.25) is 0 Å². The third-order valence-electron chi connectivity index (χ3n) is 9.17. The Balaban J connectivity index is 0.000000270. The molecule has 0 spiro atoms. The molecule has 0 amide bonds. The molecule has 4 atom stereocenters. The first-order valence-corrected chi connectivity index (χ1v) is 17.4. The molecule has 0 aromatic heterocycles. The van der Waals surface area contributed by atoms with Gasteiger partial charge in [-0.1, -0.05) is 114 Å². The number of hydrogen-bond acceptors (Lipinski definition) is 4. The summed E-state index contributed by atoms with van der Waals surface area (Å²) in [6.07, 6.45) is 32.0. The average molecular weight is 579 g/mol. The fraction of sp³-hybridized carbons (Fsp3) is 0.684. The standard InChI is InChI=1S/C24H38O4.2C7H10/c1-3-5-7-9-11-15-19-27-23(25)21-17-13-14-18-22(21)24(26)28-20-16-12-10-8-6-4-2;2*1-2-7-4-3-6(1)5-7/h13-14,17-18H,3-12,15-16,19-20H2,1-2H3;2*1-2,6-7H,3-5H2. The van der Waals surface area contributed by atoms with Crippen LogP contribution in [-0.2, 0) is 9.47 Å². The third kappa shape index (κ3) is 12.9. The van der Waals surface area contributed by atoms with E-state index in [1.807, 2.05) is 0 Å². The lowest BCUT2D eigenvalue weighted by atomic mass is 10.1. The second-order valence-corrected chi connectivity index (χ2v) is 12.8. The van der Waals surface area contributed by atoms with Gasteiger partial charge >= 0.3 is 11.9 Å². The summed E-state index contributed by atoms with van der Waals surface area (Å²) in [6, 6.07) is 6.74. The van der Waals surface area contributed by atoms with Crippen LogP contribution in [0, 0.1) is 23.7 Å². The summed E-state index contributed by atoms with van der Waals surface area (Å²) in [5.74, 6) is 3.08. The van der Waals surface area contributed by atoms with Gasteiger partial charge in [0, 0.05) is 0 Å². The lowest BCUT2D eigenvalue weighted by Crippen LogP contribution is -2.15. The minimum atomic E-state index is -0.444. The molecule has 4 bridgehead atoms. The summed E-state index contributed by atoms with van der Waals surface area (Å²) in [4.78, 5) is 24.7. The van der Waals surface area contributed by atoms with Crippen molar-refractivity contribution in [2.24, 2.45) is 23.7 Å². The zero-order valence-electron chi connectivity index (χ0n) is 26.7. The number of rotatable bonds is 16. The maximum atomic E-state index is 12.4. The summed E-state index contributed by atoms with van der Waals surface area (Å²) >= 11 is 0. The van der Waals surface area contributed by atoms with Gasteiger partial charge in [0.05, 0.1) is 24.3 Å². The van der Waals surface area contributed by atoms with Crippen molar-refractivity contribution in [1.82, 2.24) is 0 Å². The quantitative estimate of drug-likeness (QED) is 0.111. The van der Waals surface area contributed by atoms with E-state index in [0.29, 0.717) is 24.3 Å². The molecule has 4 unspecified atom stereocenters. The van der Waals surface area contributed by atoms with E-state index in [9.17, 15) is 9.59 Å². The molecular formula is C38H58O4. The van der Waals surface area contributed by atoms with Crippen LogP contribution < -0.4 is 0 Å². The zero-order chi connectivity index (χ0) is 29.8. The number of unbranched alkanes of at least 4 members (excludes halogenated alkanes) is 10. The first-order chi connectivity index (χ1) is 20.6. The molecule has 1 aromatic rings. The van der Waals surface area contributed by atoms with E-state index < -0.39 is 11.9 Å². The Labute approximate surface area is 256 Å². The van der Waals surface area contributed by atoms with E-state index in [2.05, 4.69) is 38.2 Å². The van der Waals surface area contributed by atoms with Crippen LogP contribution in [0.25, 0.3) is 0 Å². The molecule has 42 heavy (non-hydrogen) atoms. The Morgan fingerprint density at radius 1 is 0.548 bits per heavy atom. The first-order valence-electron chi connectivity index (χ1n) is 17.4. The summed E-state index contributed by atoms with van der Waals surface area (Å²) in [7, 11) is 0. The van der Waals surface area contributed by atoms with Crippen LogP contribution in [0.3, 0.4) is 0 Å². The fourth-order valence-corrected chi connectivity index (χ4v) is 6.52. The summed E-state index contributed by atoms with van der Waals surface area (Å²) < 4.78 is 10.7. The van der Waals surface area contributed by atoms with Crippen molar-refractivity contribution < 1.29 is 19.1 Å². The van der Waals surface area contributed by atoms with Crippen molar-refractivity contribution in [2.75, 3.05) is 13.2 Å². The highest BCUT2D eigenvalue weighted by Gasteiger charge is 2.26. The Morgan fingerprint density at radius 2 is 0.881 bits per heavy atom. The molecule has 4 heteroatoms. The molecular weight excluding hydrogens is 520 g/mol. The van der Waals surface area contributed by atoms with Crippen LogP contribution in [0.5, 0.6) is 0 Å². The Bertz CT molecular complexity index is 863. The molecule has 4 nitrogen and oxygen atoms in total. The van der Waals surface area contributed by atoms with Gasteiger partial charge in [0.25, 0.3) is 0 Å². The molecule has 4 aliphatic rings. The number of hydrogen-bond donors (Lipinski definition) is 0. The SMILES string of the molecule is C1=CC2CCC1C2.C1=CC2CCC1C2.CCCCCCCCOC(=O)c1ccccc1C(=O)OCCCCCCCC. The molecule has 2 fully saturated rings. The van der Waals surface area contributed by atoms with Gasteiger partial charge in [-0.05, 0) is 87.2 Å². The molecule has 234 valence electrons. The van der Waals surface area contributed by atoms with E-state index in [1.54, 1.807) is 24.3 Å². The van der Waals surface area contributed by atoms with Crippen molar-refractivity contribution in [3.63, 3.8) is 0 Å². The van der Waals surface area contributed by atoms with Gasteiger partial charge in [0.2, 0.25) is 0 Å². The zero-order valence-corrected chi connectivity index (χ0v) is 26.7. The second kappa shape index (κ2) is 20.5. The number of benzene rings is 1. The molecule has 2 saturated carbocycles. The van der Waals surface area contributed by atoms with Crippen molar-refractivity contribution in [3.8, 4) is 0 Å². The first kappa shape index (κ1) is 34.1. The van der Waals surface area contributed by atoms with Gasteiger partial charge in [-0.2, -0.15) is 0 Å².